The van der Waals surface area contributed by atoms with Crippen molar-refractivity contribution in [3.05, 3.63) is 29.8 Å². The quantitative estimate of drug-likeness (QED) is 0.202. The lowest BCUT2D eigenvalue weighted by Gasteiger charge is -2.26. The van der Waals surface area contributed by atoms with Crippen LogP contribution >= 0.6 is 24.0 Å². The van der Waals surface area contributed by atoms with E-state index in [0.29, 0.717) is 36.4 Å². The van der Waals surface area contributed by atoms with Gasteiger partial charge in [-0.25, -0.2) is 8.42 Å². The number of ether oxygens (including phenoxy) is 1. The molecular formula is C21H37IN4O3S. The van der Waals surface area contributed by atoms with Gasteiger partial charge in [0.1, 0.15) is 0 Å². The van der Waals surface area contributed by atoms with E-state index in [1.54, 1.807) is 29.6 Å². The van der Waals surface area contributed by atoms with Gasteiger partial charge in [0.15, 0.2) is 5.96 Å². The number of nitrogens with zero attached hydrogens (tertiary/aromatic N) is 2. The normalized spacial score (nSPS) is 15.7. The standard InChI is InChI=1S/C21H36N4O3S.HI/c1-18(2)17-28-14-8-11-23-21(22-3)24-16-19-9-7-10-20(15-19)29(26,27)25-12-5-4-6-13-25;/h7,9-10,15,18H,4-6,8,11-14,16-17H2,1-3H3,(H2,22,23,24);1H. The Labute approximate surface area is 199 Å². The molecule has 1 aromatic rings. The molecule has 1 fully saturated rings. The van der Waals surface area contributed by atoms with Crippen LogP contribution in [0, 0.1) is 5.92 Å². The number of rotatable bonds is 10. The van der Waals surface area contributed by atoms with Gasteiger partial charge in [-0.05, 0) is 42.9 Å². The molecule has 0 aromatic heterocycles. The van der Waals surface area contributed by atoms with Crippen LogP contribution in [0.5, 0.6) is 0 Å². The van der Waals surface area contributed by atoms with E-state index in [1.165, 1.54) is 0 Å². The van der Waals surface area contributed by atoms with Gasteiger partial charge in [-0.1, -0.05) is 32.4 Å². The zero-order valence-electron chi connectivity index (χ0n) is 18.4. The lowest BCUT2D eigenvalue weighted by atomic mass is 10.2. The number of aliphatic imine (C=N–C) groups is 1. The van der Waals surface area contributed by atoms with Gasteiger partial charge in [-0.3, -0.25) is 4.99 Å². The Morgan fingerprint density at radius 2 is 1.93 bits per heavy atom. The van der Waals surface area contributed by atoms with Crippen molar-refractivity contribution in [2.75, 3.05) is 39.9 Å². The largest absolute Gasteiger partial charge is 0.381 e. The van der Waals surface area contributed by atoms with E-state index in [-0.39, 0.29) is 24.0 Å². The highest BCUT2D eigenvalue weighted by Gasteiger charge is 2.25. The molecule has 1 heterocycles. The maximum absolute atomic E-state index is 12.9. The summed E-state index contributed by atoms with van der Waals surface area (Å²) < 4.78 is 32.9. The zero-order chi connectivity index (χ0) is 21.1. The van der Waals surface area contributed by atoms with E-state index in [4.69, 9.17) is 4.74 Å². The molecule has 0 bridgehead atoms. The molecule has 2 rings (SSSR count). The van der Waals surface area contributed by atoms with Crippen LogP contribution in [0.25, 0.3) is 0 Å². The van der Waals surface area contributed by atoms with Crippen LogP contribution in [0.15, 0.2) is 34.2 Å². The van der Waals surface area contributed by atoms with Gasteiger partial charge in [0.2, 0.25) is 10.0 Å². The topological polar surface area (TPSA) is 83.0 Å². The van der Waals surface area contributed by atoms with Crippen molar-refractivity contribution < 1.29 is 13.2 Å². The molecule has 9 heteroatoms. The van der Waals surface area contributed by atoms with Crippen molar-refractivity contribution in [1.29, 1.82) is 0 Å². The highest BCUT2D eigenvalue weighted by Crippen LogP contribution is 2.21. The number of nitrogens with one attached hydrogen (secondary N) is 2. The molecule has 1 aliphatic rings. The Kier molecular flexibility index (Phi) is 12.8. The zero-order valence-corrected chi connectivity index (χ0v) is 21.5. The van der Waals surface area contributed by atoms with E-state index in [0.717, 1.165) is 51.0 Å². The number of sulfonamides is 1. The van der Waals surface area contributed by atoms with E-state index >= 15 is 0 Å². The fourth-order valence-electron chi connectivity index (χ4n) is 3.18. The summed E-state index contributed by atoms with van der Waals surface area (Å²) in [5.74, 6) is 1.24. The molecule has 0 unspecified atom stereocenters. The van der Waals surface area contributed by atoms with E-state index < -0.39 is 10.0 Å². The second kappa shape index (κ2) is 14.2. The molecule has 0 radical (unpaired) electrons. The molecule has 0 aliphatic carbocycles. The Morgan fingerprint density at radius 1 is 1.20 bits per heavy atom. The SMILES string of the molecule is CN=C(NCCCOCC(C)C)NCc1cccc(S(=O)(=O)N2CCCCC2)c1.I. The lowest BCUT2D eigenvalue weighted by molar-refractivity contribution is 0.108. The van der Waals surface area contributed by atoms with Gasteiger partial charge < -0.3 is 15.4 Å². The summed E-state index contributed by atoms with van der Waals surface area (Å²) in [4.78, 5) is 4.59. The molecule has 1 saturated heterocycles. The van der Waals surface area contributed by atoms with Crippen molar-refractivity contribution in [3.8, 4) is 0 Å². The average Bonchev–Trinajstić information content (AvgIpc) is 2.73. The second-order valence-electron chi connectivity index (χ2n) is 7.79. The Bertz CT molecular complexity index is 750. The van der Waals surface area contributed by atoms with Crippen molar-refractivity contribution in [3.63, 3.8) is 0 Å². The molecular weight excluding hydrogens is 515 g/mol. The summed E-state index contributed by atoms with van der Waals surface area (Å²) in [6.07, 6.45) is 3.87. The Morgan fingerprint density at radius 3 is 2.60 bits per heavy atom. The van der Waals surface area contributed by atoms with Crippen LogP contribution < -0.4 is 10.6 Å². The van der Waals surface area contributed by atoms with Crippen molar-refractivity contribution in [1.82, 2.24) is 14.9 Å². The maximum Gasteiger partial charge on any atom is 0.243 e. The molecule has 0 amide bonds. The molecule has 1 aliphatic heterocycles. The third-order valence-corrected chi connectivity index (χ3v) is 6.64. The van der Waals surface area contributed by atoms with Crippen LogP contribution in [0.2, 0.25) is 0 Å². The second-order valence-corrected chi connectivity index (χ2v) is 9.72. The van der Waals surface area contributed by atoms with Gasteiger partial charge in [0, 0.05) is 46.4 Å². The van der Waals surface area contributed by atoms with Crippen molar-refractivity contribution in [2.24, 2.45) is 10.9 Å². The fourth-order valence-corrected chi connectivity index (χ4v) is 4.76. The smallest absolute Gasteiger partial charge is 0.243 e. The number of guanidine groups is 1. The van der Waals surface area contributed by atoms with Crippen LogP contribution in [0.4, 0.5) is 0 Å². The third kappa shape index (κ3) is 9.07. The molecule has 0 saturated carbocycles. The summed E-state index contributed by atoms with van der Waals surface area (Å²) >= 11 is 0. The van der Waals surface area contributed by atoms with Crippen molar-refractivity contribution in [2.45, 2.75) is 51.0 Å². The summed E-state index contributed by atoms with van der Waals surface area (Å²) in [6.45, 7) is 8.27. The van der Waals surface area contributed by atoms with E-state index in [9.17, 15) is 8.42 Å². The van der Waals surface area contributed by atoms with Gasteiger partial charge in [-0.15, -0.1) is 24.0 Å². The summed E-state index contributed by atoms with van der Waals surface area (Å²) in [6, 6.07) is 7.16. The third-order valence-electron chi connectivity index (χ3n) is 4.74. The first-order chi connectivity index (χ1) is 13.9. The molecule has 0 spiro atoms. The predicted molar refractivity (Wildman–Crippen MR) is 133 cm³/mol. The fraction of sp³-hybridized carbons (Fsp3) is 0.667. The number of hydrogen-bond donors (Lipinski definition) is 2. The first-order valence-electron chi connectivity index (χ1n) is 10.5. The molecule has 30 heavy (non-hydrogen) atoms. The Balaban J connectivity index is 0.00000450. The van der Waals surface area contributed by atoms with Crippen LogP contribution in [0.3, 0.4) is 0 Å². The monoisotopic (exact) mass is 552 g/mol. The van der Waals surface area contributed by atoms with Gasteiger partial charge >= 0.3 is 0 Å². The minimum Gasteiger partial charge on any atom is -0.381 e. The van der Waals surface area contributed by atoms with Gasteiger partial charge in [0.05, 0.1) is 4.90 Å². The van der Waals surface area contributed by atoms with Gasteiger partial charge in [-0.2, -0.15) is 4.31 Å². The summed E-state index contributed by atoms with van der Waals surface area (Å²) in [5.41, 5.74) is 0.909. The van der Waals surface area contributed by atoms with Crippen molar-refractivity contribution >= 4 is 40.0 Å². The lowest BCUT2D eigenvalue weighted by Crippen LogP contribution is -2.37. The van der Waals surface area contributed by atoms with Crippen LogP contribution in [-0.4, -0.2) is 58.6 Å². The average molecular weight is 553 g/mol. The molecule has 7 nitrogen and oxygen atoms in total. The van der Waals surface area contributed by atoms with E-state index in [1.807, 2.05) is 6.07 Å². The summed E-state index contributed by atoms with van der Waals surface area (Å²) in [5, 5.41) is 6.50. The molecule has 2 N–H and O–H groups in total. The molecule has 0 atom stereocenters. The number of piperidine rings is 1. The predicted octanol–water partition coefficient (Wildman–Crippen LogP) is 3.21. The number of benzene rings is 1. The summed E-state index contributed by atoms with van der Waals surface area (Å²) in [7, 11) is -1.69. The highest BCUT2D eigenvalue weighted by molar-refractivity contribution is 14.0. The first-order valence-corrected chi connectivity index (χ1v) is 12.0. The highest BCUT2D eigenvalue weighted by atomic mass is 127. The Hall–Kier alpha value is -0.910. The van der Waals surface area contributed by atoms with Crippen LogP contribution in [-0.2, 0) is 21.3 Å². The molecule has 1 aromatic carbocycles. The maximum atomic E-state index is 12.9. The molecule has 172 valence electrons. The van der Waals surface area contributed by atoms with Crippen LogP contribution in [0.1, 0.15) is 45.1 Å². The minimum atomic E-state index is -3.41. The van der Waals surface area contributed by atoms with E-state index in [2.05, 4.69) is 29.5 Å². The minimum absolute atomic E-state index is 0. The first kappa shape index (κ1) is 27.1. The number of halogens is 1. The number of hydrogen-bond acceptors (Lipinski definition) is 4. The van der Waals surface area contributed by atoms with Gasteiger partial charge in [0.25, 0.3) is 0 Å².